The number of hydrogen-bond donors (Lipinski definition) is 1. The first kappa shape index (κ1) is 17.2. The van der Waals surface area contributed by atoms with Crippen molar-refractivity contribution in [2.75, 3.05) is 12.4 Å². The third-order valence-corrected chi connectivity index (χ3v) is 4.44. The molecule has 1 aromatic heterocycles. The summed E-state index contributed by atoms with van der Waals surface area (Å²) in [5.41, 5.74) is 2.60. The minimum atomic E-state index is -0.0403. The lowest BCUT2D eigenvalue weighted by molar-refractivity contribution is 0.0785. The smallest absolute Gasteiger partial charge is 0.254 e. The van der Waals surface area contributed by atoms with Gasteiger partial charge in [0.15, 0.2) is 0 Å². The average molecular weight is 396 g/mol. The normalized spacial score (nSPS) is 10.3. The van der Waals surface area contributed by atoms with Crippen molar-refractivity contribution < 1.29 is 4.79 Å². The van der Waals surface area contributed by atoms with Crippen LogP contribution in [0.1, 0.15) is 15.9 Å². The van der Waals surface area contributed by atoms with Crippen molar-refractivity contribution in [3.63, 3.8) is 0 Å². The summed E-state index contributed by atoms with van der Waals surface area (Å²) in [6.45, 7) is 0.564. The Kier molecular flexibility index (Phi) is 5.46. The number of halogens is 1. The molecule has 4 nitrogen and oxygen atoms in total. The van der Waals surface area contributed by atoms with E-state index in [1.807, 2.05) is 54.6 Å². The number of carbonyl (C=O) groups is 1. The van der Waals surface area contributed by atoms with E-state index in [0.29, 0.717) is 17.9 Å². The second-order valence-corrected chi connectivity index (χ2v) is 6.54. The van der Waals surface area contributed by atoms with E-state index in [4.69, 9.17) is 0 Å². The van der Waals surface area contributed by atoms with Crippen LogP contribution in [-0.2, 0) is 6.54 Å². The van der Waals surface area contributed by atoms with Gasteiger partial charge in [0.2, 0.25) is 0 Å². The Labute approximate surface area is 155 Å². The number of anilines is 2. The standard InChI is InChI=1S/C20H18BrN3O/c1-24(14-15-7-3-2-4-8-15)20(25)16-11-12-22-19(13-16)23-18-10-6-5-9-17(18)21/h2-13H,14H2,1H3,(H,22,23). The van der Waals surface area contributed by atoms with Gasteiger partial charge in [-0.05, 0) is 45.8 Å². The molecule has 3 rings (SSSR count). The minimum absolute atomic E-state index is 0.0403. The van der Waals surface area contributed by atoms with E-state index in [2.05, 4.69) is 26.2 Å². The largest absolute Gasteiger partial charge is 0.339 e. The minimum Gasteiger partial charge on any atom is -0.339 e. The zero-order chi connectivity index (χ0) is 17.6. The fraction of sp³-hybridized carbons (Fsp3) is 0.100. The summed E-state index contributed by atoms with van der Waals surface area (Å²) >= 11 is 3.50. The molecule has 0 radical (unpaired) electrons. The van der Waals surface area contributed by atoms with Gasteiger partial charge in [-0.2, -0.15) is 0 Å². The zero-order valence-electron chi connectivity index (χ0n) is 13.8. The fourth-order valence-electron chi connectivity index (χ4n) is 2.48. The monoisotopic (exact) mass is 395 g/mol. The quantitative estimate of drug-likeness (QED) is 0.670. The maximum atomic E-state index is 12.7. The van der Waals surface area contributed by atoms with E-state index in [1.165, 1.54) is 0 Å². The Hall–Kier alpha value is -2.66. The third-order valence-electron chi connectivity index (χ3n) is 3.75. The fourth-order valence-corrected chi connectivity index (χ4v) is 2.87. The number of rotatable bonds is 5. The van der Waals surface area contributed by atoms with E-state index in [0.717, 1.165) is 15.7 Å². The summed E-state index contributed by atoms with van der Waals surface area (Å²) < 4.78 is 0.940. The first-order valence-electron chi connectivity index (χ1n) is 7.90. The molecule has 1 heterocycles. The number of nitrogens with zero attached hydrogens (tertiary/aromatic N) is 2. The van der Waals surface area contributed by atoms with Crippen LogP contribution in [0.2, 0.25) is 0 Å². The van der Waals surface area contributed by atoms with Crippen molar-refractivity contribution in [1.29, 1.82) is 0 Å². The van der Waals surface area contributed by atoms with Crippen LogP contribution in [0.4, 0.5) is 11.5 Å². The summed E-state index contributed by atoms with van der Waals surface area (Å²) in [5, 5.41) is 3.23. The molecule has 3 aromatic rings. The predicted octanol–water partition coefficient (Wildman–Crippen LogP) is 4.86. The number of benzene rings is 2. The third kappa shape index (κ3) is 4.45. The molecular formula is C20H18BrN3O. The van der Waals surface area contributed by atoms with Crippen LogP contribution in [0, 0.1) is 0 Å². The van der Waals surface area contributed by atoms with Gasteiger partial charge >= 0.3 is 0 Å². The number of para-hydroxylation sites is 1. The first-order valence-corrected chi connectivity index (χ1v) is 8.70. The Morgan fingerprint density at radius 3 is 2.56 bits per heavy atom. The van der Waals surface area contributed by atoms with Crippen LogP contribution in [0.25, 0.3) is 0 Å². The number of amides is 1. The highest BCUT2D eigenvalue weighted by molar-refractivity contribution is 9.10. The number of hydrogen-bond acceptors (Lipinski definition) is 3. The summed E-state index contributed by atoms with van der Waals surface area (Å²) in [6.07, 6.45) is 1.64. The lowest BCUT2D eigenvalue weighted by Crippen LogP contribution is -2.26. The van der Waals surface area contributed by atoms with Crippen molar-refractivity contribution in [2.45, 2.75) is 6.54 Å². The average Bonchev–Trinajstić information content (AvgIpc) is 2.64. The van der Waals surface area contributed by atoms with Gasteiger partial charge in [0.1, 0.15) is 5.82 Å². The lowest BCUT2D eigenvalue weighted by Gasteiger charge is -2.18. The number of carbonyl (C=O) groups excluding carboxylic acids is 1. The molecular weight excluding hydrogens is 378 g/mol. The molecule has 126 valence electrons. The topological polar surface area (TPSA) is 45.2 Å². The molecule has 5 heteroatoms. The van der Waals surface area contributed by atoms with Gasteiger partial charge < -0.3 is 10.2 Å². The Balaban J connectivity index is 1.74. The lowest BCUT2D eigenvalue weighted by atomic mass is 10.2. The Morgan fingerprint density at radius 1 is 1.08 bits per heavy atom. The second kappa shape index (κ2) is 7.94. The van der Waals surface area contributed by atoms with Crippen molar-refractivity contribution in [3.05, 3.63) is 88.5 Å². The summed E-state index contributed by atoms with van der Waals surface area (Å²) in [5.74, 6) is 0.590. The molecule has 0 atom stereocenters. The molecule has 25 heavy (non-hydrogen) atoms. The van der Waals surface area contributed by atoms with Crippen LogP contribution < -0.4 is 5.32 Å². The summed E-state index contributed by atoms with van der Waals surface area (Å²) in [7, 11) is 1.80. The van der Waals surface area contributed by atoms with Crippen molar-refractivity contribution in [3.8, 4) is 0 Å². The number of pyridine rings is 1. The number of aromatic nitrogens is 1. The number of nitrogens with one attached hydrogen (secondary N) is 1. The molecule has 2 aromatic carbocycles. The van der Waals surface area contributed by atoms with Crippen LogP contribution in [0.15, 0.2) is 77.4 Å². The molecule has 0 aliphatic rings. The first-order chi connectivity index (χ1) is 12.1. The van der Waals surface area contributed by atoms with Crippen LogP contribution in [0.5, 0.6) is 0 Å². The van der Waals surface area contributed by atoms with Gasteiger partial charge in [0, 0.05) is 29.8 Å². The molecule has 0 spiro atoms. The second-order valence-electron chi connectivity index (χ2n) is 5.68. The van der Waals surface area contributed by atoms with Gasteiger partial charge in [-0.15, -0.1) is 0 Å². The van der Waals surface area contributed by atoms with Gasteiger partial charge in [0.05, 0.1) is 5.69 Å². The van der Waals surface area contributed by atoms with Gasteiger partial charge in [0.25, 0.3) is 5.91 Å². The van der Waals surface area contributed by atoms with E-state index >= 15 is 0 Å². The highest BCUT2D eigenvalue weighted by Crippen LogP contribution is 2.24. The summed E-state index contributed by atoms with van der Waals surface area (Å²) in [6, 6.07) is 21.2. The molecule has 0 fully saturated rings. The highest BCUT2D eigenvalue weighted by atomic mass is 79.9. The van der Waals surface area contributed by atoms with Crippen LogP contribution in [-0.4, -0.2) is 22.8 Å². The van der Waals surface area contributed by atoms with Crippen molar-refractivity contribution >= 4 is 33.3 Å². The Morgan fingerprint density at radius 2 is 1.80 bits per heavy atom. The molecule has 0 unspecified atom stereocenters. The zero-order valence-corrected chi connectivity index (χ0v) is 15.4. The van der Waals surface area contributed by atoms with Crippen LogP contribution in [0.3, 0.4) is 0 Å². The SMILES string of the molecule is CN(Cc1ccccc1)C(=O)c1ccnc(Nc2ccccc2Br)c1. The van der Waals surface area contributed by atoms with Crippen LogP contribution >= 0.6 is 15.9 Å². The maximum Gasteiger partial charge on any atom is 0.254 e. The van der Waals surface area contributed by atoms with E-state index < -0.39 is 0 Å². The molecule has 0 saturated carbocycles. The maximum absolute atomic E-state index is 12.7. The summed E-state index contributed by atoms with van der Waals surface area (Å²) in [4.78, 5) is 18.7. The predicted molar refractivity (Wildman–Crippen MR) is 104 cm³/mol. The van der Waals surface area contributed by atoms with Crippen molar-refractivity contribution in [2.24, 2.45) is 0 Å². The van der Waals surface area contributed by atoms with Crippen molar-refractivity contribution in [1.82, 2.24) is 9.88 Å². The molecule has 1 N–H and O–H groups in total. The van der Waals surface area contributed by atoms with E-state index in [9.17, 15) is 4.79 Å². The molecule has 0 saturated heterocycles. The highest BCUT2D eigenvalue weighted by Gasteiger charge is 2.13. The molecule has 0 aliphatic carbocycles. The van der Waals surface area contributed by atoms with Gasteiger partial charge in [-0.1, -0.05) is 42.5 Å². The van der Waals surface area contributed by atoms with E-state index in [-0.39, 0.29) is 5.91 Å². The van der Waals surface area contributed by atoms with E-state index in [1.54, 1.807) is 30.3 Å². The molecule has 1 amide bonds. The molecule has 0 aliphatic heterocycles. The van der Waals surface area contributed by atoms with Gasteiger partial charge in [-0.3, -0.25) is 4.79 Å². The van der Waals surface area contributed by atoms with Gasteiger partial charge in [-0.25, -0.2) is 4.98 Å². The molecule has 0 bridgehead atoms. The Bertz CT molecular complexity index is 868.